The number of benzene rings is 1. The average Bonchev–Trinajstić information content (AvgIpc) is 3.19. The second kappa shape index (κ2) is 12.6. The van der Waals surface area contributed by atoms with Crippen molar-refractivity contribution in [1.82, 2.24) is 20.1 Å². The van der Waals surface area contributed by atoms with Crippen molar-refractivity contribution in [3.05, 3.63) is 53.3 Å². The maximum Gasteiger partial charge on any atom is 0.430 e. The summed E-state index contributed by atoms with van der Waals surface area (Å²) in [5.74, 6) is -0.714. The van der Waals surface area contributed by atoms with Crippen molar-refractivity contribution in [2.75, 3.05) is 37.6 Å². The monoisotopic (exact) mass is 659 g/mol. The molecule has 4 amide bonds. The summed E-state index contributed by atoms with van der Waals surface area (Å²) in [7, 11) is 0. The summed E-state index contributed by atoms with van der Waals surface area (Å²) >= 11 is 0. The molecule has 46 heavy (non-hydrogen) atoms. The highest BCUT2D eigenvalue weighted by atomic mass is 19.4. The van der Waals surface area contributed by atoms with Gasteiger partial charge in [0.2, 0.25) is 5.91 Å². The van der Waals surface area contributed by atoms with E-state index in [2.05, 4.69) is 10.3 Å². The van der Waals surface area contributed by atoms with Crippen LogP contribution in [0.3, 0.4) is 0 Å². The van der Waals surface area contributed by atoms with Crippen LogP contribution in [0.5, 0.6) is 5.75 Å². The molecule has 0 aliphatic carbocycles. The number of imide groups is 1. The van der Waals surface area contributed by atoms with Crippen molar-refractivity contribution in [3.63, 3.8) is 0 Å². The lowest BCUT2D eigenvalue weighted by molar-refractivity contribution is -0.376. The fourth-order valence-electron chi connectivity index (χ4n) is 5.54. The second-order valence-corrected chi connectivity index (χ2v) is 11.7. The topological polar surface area (TPSA) is 115 Å². The molecule has 2 N–H and O–H groups in total. The molecular weight excluding hydrogens is 624 g/mol. The number of alkyl halides is 6. The number of amides is 4. The van der Waals surface area contributed by atoms with Crippen LogP contribution in [0.4, 0.5) is 36.8 Å². The van der Waals surface area contributed by atoms with Crippen LogP contribution in [0.2, 0.25) is 0 Å². The summed E-state index contributed by atoms with van der Waals surface area (Å²) in [4.78, 5) is 47.4. The third kappa shape index (κ3) is 6.44. The molecule has 2 aliphatic rings. The smallest absolute Gasteiger partial charge is 0.430 e. The SMILES string of the molecule is CCCc1cc(C(O)(C(F)(F)F)C(F)(F)F)ccc1N1CCN(C(=O)CN2C(=O)NC(C)(c3ccc(OC(C)C)cn3)C2=O)CC1. The molecule has 0 spiro atoms. The van der Waals surface area contributed by atoms with E-state index in [-0.39, 0.29) is 50.0 Å². The van der Waals surface area contributed by atoms with Crippen LogP contribution in [-0.2, 0) is 27.1 Å². The number of aromatic nitrogens is 1. The molecule has 1 aromatic heterocycles. The maximum absolute atomic E-state index is 13.5. The third-order valence-electron chi connectivity index (χ3n) is 8.00. The van der Waals surface area contributed by atoms with Crippen LogP contribution >= 0.6 is 0 Å². The Balaban J connectivity index is 1.44. The van der Waals surface area contributed by atoms with E-state index < -0.39 is 53.4 Å². The number of pyridine rings is 1. The predicted molar refractivity (Wildman–Crippen MR) is 153 cm³/mol. The quantitative estimate of drug-likeness (QED) is 0.306. The van der Waals surface area contributed by atoms with Gasteiger partial charge in [0.05, 0.1) is 18.0 Å². The molecule has 10 nitrogen and oxygen atoms in total. The van der Waals surface area contributed by atoms with Crippen molar-refractivity contribution in [1.29, 1.82) is 0 Å². The van der Waals surface area contributed by atoms with E-state index in [1.165, 1.54) is 18.0 Å². The Morgan fingerprint density at radius 3 is 2.20 bits per heavy atom. The zero-order valence-corrected chi connectivity index (χ0v) is 25.6. The Bertz CT molecular complexity index is 1440. The number of halogens is 6. The zero-order valence-electron chi connectivity index (χ0n) is 25.6. The van der Waals surface area contributed by atoms with E-state index in [0.717, 1.165) is 17.0 Å². The number of anilines is 1. The Morgan fingerprint density at radius 1 is 1.04 bits per heavy atom. The van der Waals surface area contributed by atoms with E-state index in [1.54, 1.807) is 24.0 Å². The molecule has 3 heterocycles. The number of hydrogen-bond donors (Lipinski definition) is 2. The van der Waals surface area contributed by atoms with Crippen LogP contribution in [0, 0.1) is 0 Å². The van der Waals surface area contributed by atoms with Crippen LogP contribution in [0.1, 0.15) is 50.9 Å². The number of nitrogens with one attached hydrogen (secondary N) is 1. The number of carbonyl (C=O) groups excluding carboxylic acids is 3. The molecule has 4 rings (SSSR count). The zero-order chi connectivity index (χ0) is 34.2. The van der Waals surface area contributed by atoms with Gasteiger partial charge in [-0.3, -0.25) is 19.5 Å². The standard InChI is InChI=1S/C30H35F6N5O5/c1-5-6-19-15-20(28(45,29(31,32)33)30(34,35)36)7-9-22(19)39-11-13-40(14-12-39)24(42)17-41-25(43)27(4,38-26(41)44)23-10-8-21(16-37-23)46-18(2)3/h7-10,15-16,18,45H,5-6,11-14,17H2,1-4H3,(H,38,44). The van der Waals surface area contributed by atoms with E-state index in [0.29, 0.717) is 23.9 Å². The van der Waals surface area contributed by atoms with Crippen LogP contribution < -0.4 is 15.0 Å². The first-order chi connectivity index (χ1) is 21.3. The summed E-state index contributed by atoms with van der Waals surface area (Å²) in [6.07, 6.45) is -10.1. The van der Waals surface area contributed by atoms with Gasteiger partial charge in [-0.1, -0.05) is 25.5 Å². The van der Waals surface area contributed by atoms with Crippen molar-refractivity contribution >= 4 is 23.5 Å². The Kier molecular flexibility index (Phi) is 9.53. The van der Waals surface area contributed by atoms with E-state index in [4.69, 9.17) is 4.74 Å². The number of ether oxygens (including phenoxy) is 1. The van der Waals surface area contributed by atoms with Crippen LogP contribution in [0.15, 0.2) is 36.5 Å². The highest BCUT2D eigenvalue weighted by molar-refractivity contribution is 6.09. The molecule has 16 heteroatoms. The lowest BCUT2D eigenvalue weighted by Crippen LogP contribution is -2.54. The molecule has 0 bridgehead atoms. The number of nitrogens with zero attached hydrogens (tertiary/aromatic N) is 4. The van der Waals surface area contributed by atoms with Crippen molar-refractivity contribution < 1.29 is 50.6 Å². The first-order valence-corrected chi connectivity index (χ1v) is 14.6. The highest BCUT2D eigenvalue weighted by Gasteiger charge is 2.71. The molecule has 1 aromatic carbocycles. The molecule has 252 valence electrons. The van der Waals surface area contributed by atoms with Crippen molar-refractivity contribution in [2.45, 2.75) is 70.1 Å². The average molecular weight is 660 g/mol. The van der Waals surface area contributed by atoms with Crippen LogP contribution in [-0.4, -0.2) is 88.9 Å². The van der Waals surface area contributed by atoms with Crippen molar-refractivity contribution in [3.8, 4) is 5.75 Å². The van der Waals surface area contributed by atoms with Gasteiger partial charge in [0.15, 0.2) is 5.54 Å². The summed E-state index contributed by atoms with van der Waals surface area (Å²) in [6, 6.07) is 4.85. The van der Waals surface area contributed by atoms with Gasteiger partial charge in [-0.15, -0.1) is 0 Å². The first-order valence-electron chi connectivity index (χ1n) is 14.6. The van der Waals surface area contributed by atoms with Gasteiger partial charge in [0, 0.05) is 37.4 Å². The number of piperazine rings is 1. The summed E-state index contributed by atoms with van der Waals surface area (Å²) < 4.78 is 86.4. The molecule has 0 saturated carbocycles. The van der Waals surface area contributed by atoms with Gasteiger partial charge in [0.1, 0.15) is 12.3 Å². The normalized spacial score (nSPS) is 19.6. The number of urea groups is 1. The largest absolute Gasteiger partial charge is 0.489 e. The fraction of sp³-hybridized carbons (Fsp3) is 0.533. The minimum absolute atomic E-state index is 0.0959. The molecule has 1 atom stereocenters. The molecular formula is C30H35F6N5O5. The van der Waals surface area contributed by atoms with Gasteiger partial charge < -0.3 is 25.0 Å². The lowest BCUT2D eigenvalue weighted by Gasteiger charge is -2.38. The van der Waals surface area contributed by atoms with Gasteiger partial charge >= 0.3 is 18.4 Å². The van der Waals surface area contributed by atoms with Gasteiger partial charge in [-0.05, 0) is 51.0 Å². The van der Waals surface area contributed by atoms with E-state index >= 15 is 0 Å². The fourth-order valence-corrected chi connectivity index (χ4v) is 5.54. The van der Waals surface area contributed by atoms with E-state index in [9.17, 15) is 45.8 Å². The molecule has 2 aliphatic heterocycles. The number of carbonyl (C=O) groups is 3. The Hall–Kier alpha value is -4.08. The summed E-state index contributed by atoms with van der Waals surface area (Å²) in [6.45, 7) is 6.91. The number of aliphatic hydroxyl groups is 1. The first kappa shape index (κ1) is 34.8. The summed E-state index contributed by atoms with van der Waals surface area (Å²) in [5, 5.41) is 12.5. The van der Waals surface area contributed by atoms with Crippen molar-refractivity contribution in [2.24, 2.45) is 0 Å². The molecule has 2 saturated heterocycles. The number of hydrogen-bond acceptors (Lipinski definition) is 7. The number of rotatable bonds is 9. The minimum Gasteiger partial charge on any atom is -0.489 e. The third-order valence-corrected chi connectivity index (χ3v) is 8.00. The lowest BCUT2D eigenvalue weighted by atomic mass is 9.89. The Labute approximate surface area is 261 Å². The number of aryl methyl sites for hydroxylation is 1. The van der Waals surface area contributed by atoms with Crippen LogP contribution in [0.25, 0.3) is 0 Å². The Morgan fingerprint density at radius 2 is 1.67 bits per heavy atom. The molecule has 0 radical (unpaired) electrons. The molecule has 2 aromatic rings. The van der Waals surface area contributed by atoms with E-state index in [1.807, 2.05) is 13.8 Å². The molecule has 2 fully saturated rings. The van der Waals surface area contributed by atoms with Gasteiger partial charge in [-0.25, -0.2) is 4.79 Å². The minimum atomic E-state index is -6.00. The molecule has 1 unspecified atom stereocenters. The predicted octanol–water partition coefficient (Wildman–Crippen LogP) is 4.25. The second-order valence-electron chi connectivity index (χ2n) is 11.7. The maximum atomic E-state index is 13.5. The van der Waals surface area contributed by atoms with Gasteiger partial charge in [0.25, 0.3) is 11.5 Å². The highest BCUT2D eigenvalue weighted by Crippen LogP contribution is 2.50. The summed E-state index contributed by atoms with van der Waals surface area (Å²) in [5.41, 5.74) is -7.07. The van der Waals surface area contributed by atoms with Gasteiger partial charge in [-0.2, -0.15) is 26.3 Å².